The highest BCUT2D eigenvalue weighted by Gasteiger charge is 2.39. The summed E-state index contributed by atoms with van der Waals surface area (Å²) in [6.45, 7) is 4.52. The number of rotatable bonds is 10. The average molecular weight is 542 g/mol. The van der Waals surface area contributed by atoms with Gasteiger partial charge in [-0.15, -0.1) is 0 Å². The van der Waals surface area contributed by atoms with E-state index in [-0.39, 0.29) is 11.1 Å². The number of pyridine rings is 2. The smallest absolute Gasteiger partial charge is 0.329 e. The third kappa shape index (κ3) is 6.35. The van der Waals surface area contributed by atoms with Crippen molar-refractivity contribution < 1.29 is 22.6 Å². The number of nitrogens with one attached hydrogen (secondary N) is 4. The van der Waals surface area contributed by atoms with Gasteiger partial charge < -0.3 is 20.2 Å². The second-order valence-electron chi connectivity index (χ2n) is 8.99. The van der Waals surface area contributed by atoms with E-state index < -0.39 is 28.6 Å². The summed E-state index contributed by atoms with van der Waals surface area (Å²) in [5.41, 5.74) is -0.687. The molecule has 0 unspecified atom stereocenters. The minimum Gasteiger partial charge on any atom is -0.492 e. The molecule has 3 heterocycles. The molecule has 0 amide bonds. The number of aromatic nitrogens is 2. The Hall–Kier alpha value is -4.03. The summed E-state index contributed by atoms with van der Waals surface area (Å²) in [5.74, 6) is -5.83. The zero-order valence-electron chi connectivity index (χ0n) is 21.4. The Bertz CT molecular complexity index is 1450. The van der Waals surface area contributed by atoms with E-state index in [2.05, 4.69) is 15.2 Å². The normalized spacial score (nSPS) is 14.8. The number of benzene rings is 1. The first-order valence-corrected chi connectivity index (χ1v) is 12.4. The first-order chi connectivity index (χ1) is 18.7. The zero-order chi connectivity index (χ0) is 28.0. The Morgan fingerprint density at radius 2 is 2.00 bits per heavy atom. The molecule has 0 spiro atoms. The monoisotopic (exact) mass is 541 g/mol. The molecule has 0 atom stereocenters. The van der Waals surface area contributed by atoms with Crippen LogP contribution < -0.4 is 15.5 Å². The Labute approximate surface area is 223 Å². The molecule has 0 radical (unpaired) electrons. The van der Waals surface area contributed by atoms with Crippen molar-refractivity contribution in [3.8, 4) is 5.75 Å². The molecule has 1 saturated heterocycles. The van der Waals surface area contributed by atoms with Crippen LogP contribution in [-0.2, 0) is 10.7 Å². The molecule has 4 N–H and O–H groups in total. The maximum absolute atomic E-state index is 15.6. The van der Waals surface area contributed by atoms with Crippen molar-refractivity contribution >= 4 is 28.5 Å². The summed E-state index contributed by atoms with van der Waals surface area (Å²) < 4.78 is 57.3. The molecule has 1 aromatic carbocycles. The van der Waals surface area contributed by atoms with Crippen molar-refractivity contribution in [1.29, 1.82) is 16.2 Å². The third-order valence-electron chi connectivity index (χ3n) is 6.35. The first kappa shape index (κ1) is 28.0. The summed E-state index contributed by atoms with van der Waals surface area (Å²) in [5, 5.41) is 26.8. The minimum atomic E-state index is -3.87. The molecule has 12 heteroatoms. The highest BCUT2D eigenvalue weighted by Crippen LogP contribution is 2.32. The molecular weight excluding hydrogens is 511 g/mol. The van der Waals surface area contributed by atoms with E-state index in [0.29, 0.717) is 27.8 Å². The van der Waals surface area contributed by atoms with Crippen molar-refractivity contribution in [1.82, 2.24) is 19.8 Å². The average Bonchev–Trinajstić information content (AvgIpc) is 2.95. The fraction of sp³-hybridized carbons (Fsp3) is 0.333. The van der Waals surface area contributed by atoms with Crippen LogP contribution in [0.15, 0.2) is 48.9 Å². The standard InChI is InChI=1S/C27H30F3N7O2/c1-34-15-20(14-31)19-13-23(28)25(32)37(17-19)26(33)27(29,30)21-3-4-24-18(11-21)12-22(16-35-24)39-8-2-5-36-6-9-38-10-7-36/h3-4,11-17,31-34H,2,5-10H2,1H3/b20-15+,31-14?,32-25?,33-26?. The second kappa shape index (κ2) is 12.2. The fourth-order valence-corrected chi connectivity index (χ4v) is 4.24. The predicted molar refractivity (Wildman–Crippen MR) is 142 cm³/mol. The largest absolute Gasteiger partial charge is 0.492 e. The number of alkyl halides is 2. The maximum Gasteiger partial charge on any atom is 0.329 e. The Balaban J connectivity index is 1.55. The lowest BCUT2D eigenvalue weighted by atomic mass is 10.0. The highest BCUT2D eigenvalue weighted by molar-refractivity contribution is 6.08. The molecule has 206 valence electrons. The van der Waals surface area contributed by atoms with Crippen molar-refractivity contribution in [2.24, 2.45) is 0 Å². The molecule has 1 aliphatic heterocycles. The molecule has 1 aliphatic rings. The van der Waals surface area contributed by atoms with Gasteiger partial charge in [0.2, 0.25) is 0 Å². The Morgan fingerprint density at radius 1 is 1.23 bits per heavy atom. The molecule has 0 saturated carbocycles. The van der Waals surface area contributed by atoms with E-state index in [1.165, 1.54) is 24.5 Å². The number of hydrogen-bond donors (Lipinski definition) is 4. The minimum absolute atomic E-state index is 0.0616. The predicted octanol–water partition coefficient (Wildman–Crippen LogP) is 3.58. The van der Waals surface area contributed by atoms with Crippen LogP contribution in [0.1, 0.15) is 17.5 Å². The molecule has 0 bridgehead atoms. The van der Waals surface area contributed by atoms with Crippen LogP contribution in [0.4, 0.5) is 13.2 Å². The second-order valence-corrected chi connectivity index (χ2v) is 8.99. The lowest BCUT2D eigenvalue weighted by Crippen LogP contribution is -2.39. The van der Waals surface area contributed by atoms with Crippen molar-refractivity contribution in [3.63, 3.8) is 0 Å². The van der Waals surface area contributed by atoms with Gasteiger partial charge in [-0.25, -0.2) is 4.39 Å². The maximum atomic E-state index is 15.6. The van der Waals surface area contributed by atoms with Crippen LogP contribution in [0.25, 0.3) is 16.5 Å². The molecule has 2 aromatic heterocycles. The Kier molecular flexibility index (Phi) is 8.77. The van der Waals surface area contributed by atoms with Gasteiger partial charge in [0.15, 0.2) is 17.1 Å². The number of nitrogens with zero attached hydrogens (tertiary/aromatic N) is 3. The van der Waals surface area contributed by atoms with Crippen molar-refractivity contribution in [2.75, 3.05) is 46.5 Å². The van der Waals surface area contributed by atoms with Gasteiger partial charge in [0.1, 0.15) is 5.75 Å². The molecule has 39 heavy (non-hydrogen) atoms. The highest BCUT2D eigenvalue weighted by atomic mass is 19.3. The molecule has 0 aliphatic carbocycles. The molecular formula is C27H30F3N7O2. The summed E-state index contributed by atoms with van der Waals surface area (Å²) in [4.78, 5) is 6.58. The third-order valence-corrected chi connectivity index (χ3v) is 6.35. The number of morpholine rings is 1. The number of ether oxygens (including phenoxy) is 2. The summed E-state index contributed by atoms with van der Waals surface area (Å²) in [6, 6.07) is 6.36. The van der Waals surface area contributed by atoms with Crippen molar-refractivity contribution in [3.05, 3.63) is 71.4 Å². The first-order valence-electron chi connectivity index (χ1n) is 12.4. The quantitative estimate of drug-likeness (QED) is 0.178. The Morgan fingerprint density at radius 3 is 2.72 bits per heavy atom. The SMILES string of the molecule is CN/C=C(\C=N)c1cc(F)c(=N)n(C(=N)C(F)(F)c2ccc3ncc(OCCCN4CCOCC4)cc3c2)c1. The van der Waals surface area contributed by atoms with Crippen molar-refractivity contribution in [2.45, 2.75) is 12.3 Å². The summed E-state index contributed by atoms with van der Waals surface area (Å²) in [6.07, 6.45) is 5.67. The lowest BCUT2D eigenvalue weighted by Gasteiger charge is -2.26. The van der Waals surface area contributed by atoms with Crippen LogP contribution in [0.5, 0.6) is 5.75 Å². The number of allylic oxidation sites excluding steroid dienone is 1. The van der Waals surface area contributed by atoms with Crippen LogP contribution in [-0.4, -0.2) is 73.0 Å². The van der Waals surface area contributed by atoms with Crippen LogP contribution >= 0.6 is 0 Å². The molecule has 3 aromatic rings. The fourth-order valence-electron chi connectivity index (χ4n) is 4.24. The number of hydrogen-bond acceptors (Lipinski definition) is 8. The summed E-state index contributed by atoms with van der Waals surface area (Å²) >= 11 is 0. The van der Waals surface area contributed by atoms with E-state index in [1.54, 1.807) is 13.1 Å². The summed E-state index contributed by atoms with van der Waals surface area (Å²) in [7, 11) is 1.57. The lowest BCUT2D eigenvalue weighted by molar-refractivity contribution is 0.0358. The number of fused-ring (bicyclic) bond motifs is 1. The molecule has 9 nitrogen and oxygen atoms in total. The zero-order valence-corrected chi connectivity index (χ0v) is 21.4. The van der Waals surface area contributed by atoms with Gasteiger partial charge >= 0.3 is 5.92 Å². The van der Waals surface area contributed by atoms with E-state index in [9.17, 15) is 4.39 Å². The van der Waals surface area contributed by atoms with Gasteiger partial charge in [-0.05, 0) is 30.7 Å². The van der Waals surface area contributed by atoms with Gasteiger partial charge in [0.25, 0.3) is 0 Å². The molecule has 1 fully saturated rings. The van der Waals surface area contributed by atoms with Crippen LogP contribution in [0.3, 0.4) is 0 Å². The van der Waals surface area contributed by atoms with Crippen LogP contribution in [0, 0.1) is 22.0 Å². The van der Waals surface area contributed by atoms with E-state index in [4.69, 9.17) is 25.7 Å². The van der Waals surface area contributed by atoms with Crippen LogP contribution in [0.2, 0.25) is 0 Å². The van der Waals surface area contributed by atoms with E-state index in [0.717, 1.165) is 63.8 Å². The van der Waals surface area contributed by atoms with E-state index in [1.807, 2.05) is 0 Å². The topological polar surface area (TPSA) is 123 Å². The van der Waals surface area contributed by atoms with Gasteiger partial charge in [-0.2, -0.15) is 8.78 Å². The van der Waals surface area contributed by atoms with Gasteiger partial charge in [0.05, 0.1) is 31.5 Å². The number of halogens is 3. The van der Waals surface area contributed by atoms with Gasteiger partial charge in [-0.1, -0.05) is 6.07 Å². The van der Waals surface area contributed by atoms with Gasteiger partial charge in [0, 0.05) is 67.4 Å². The van der Waals surface area contributed by atoms with E-state index >= 15 is 8.78 Å². The molecule has 4 rings (SSSR count). The van der Waals surface area contributed by atoms with Gasteiger partial charge in [-0.3, -0.25) is 25.3 Å².